The second kappa shape index (κ2) is 9.22. The second-order valence-electron chi connectivity index (χ2n) is 7.57. The number of carbonyl (C=O) groups excluding carboxylic acids is 1. The summed E-state index contributed by atoms with van der Waals surface area (Å²) < 4.78 is 30.5. The minimum Gasteiger partial charge on any atom is -0.493 e. The smallest absolute Gasteiger partial charge is 0.287 e. The van der Waals surface area contributed by atoms with Crippen LogP contribution < -0.4 is 19.7 Å². The van der Waals surface area contributed by atoms with Crippen LogP contribution in [0.5, 0.6) is 11.5 Å². The number of quaternary nitrogens is 1. The van der Waals surface area contributed by atoms with Crippen LogP contribution in [0.1, 0.15) is 33.3 Å². The summed E-state index contributed by atoms with van der Waals surface area (Å²) in [4.78, 5) is 13.7. The van der Waals surface area contributed by atoms with Crippen LogP contribution in [0.25, 0.3) is 0 Å². The van der Waals surface area contributed by atoms with E-state index in [0.717, 1.165) is 24.1 Å². The highest BCUT2D eigenvalue weighted by molar-refractivity contribution is 5.91. The van der Waals surface area contributed by atoms with Crippen molar-refractivity contribution in [3.8, 4) is 11.5 Å². The number of furan rings is 1. The molecule has 0 radical (unpaired) electrons. The Morgan fingerprint density at radius 2 is 1.94 bits per heavy atom. The fraction of sp³-hybridized carbons (Fsp3) is 0.292. The van der Waals surface area contributed by atoms with Crippen molar-refractivity contribution in [2.45, 2.75) is 19.0 Å². The number of nitrogens with one attached hydrogen (secondary N) is 2. The van der Waals surface area contributed by atoms with Crippen molar-refractivity contribution in [3.05, 3.63) is 83.1 Å². The summed E-state index contributed by atoms with van der Waals surface area (Å²) in [6, 6.07) is 14.0. The minimum atomic E-state index is -0.275. The van der Waals surface area contributed by atoms with E-state index < -0.39 is 0 Å². The van der Waals surface area contributed by atoms with Gasteiger partial charge in [-0.25, -0.2) is 4.39 Å². The Bertz CT molecular complexity index is 1050. The molecule has 2 N–H and O–H groups in total. The van der Waals surface area contributed by atoms with E-state index in [1.165, 1.54) is 17.2 Å². The SMILES string of the molecule is COc1cc2c(cc1OC)[C@H](CNC(=O)c1ccco1)[NH+](Cc1ccccc1F)CC2. The molecule has 2 aromatic carbocycles. The summed E-state index contributed by atoms with van der Waals surface area (Å²) in [6.07, 6.45) is 2.29. The van der Waals surface area contributed by atoms with Gasteiger partial charge in [0.05, 0.1) is 33.6 Å². The van der Waals surface area contributed by atoms with Gasteiger partial charge in [0.1, 0.15) is 18.4 Å². The summed E-state index contributed by atoms with van der Waals surface area (Å²) in [5.74, 6) is 1.08. The highest BCUT2D eigenvalue weighted by Crippen LogP contribution is 2.34. The number of fused-ring (bicyclic) bond motifs is 1. The number of amides is 1. The Hall–Kier alpha value is -3.32. The topological polar surface area (TPSA) is 65.1 Å². The Kier molecular flexibility index (Phi) is 6.23. The zero-order valence-corrected chi connectivity index (χ0v) is 17.6. The van der Waals surface area contributed by atoms with E-state index >= 15 is 0 Å². The first-order valence-electron chi connectivity index (χ1n) is 10.2. The van der Waals surface area contributed by atoms with Crippen molar-refractivity contribution in [2.75, 3.05) is 27.3 Å². The summed E-state index contributed by atoms with van der Waals surface area (Å²) in [7, 11) is 3.22. The number of hydrogen-bond acceptors (Lipinski definition) is 4. The van der Waals surface area contributed by atoms with Gasteiger partial charge < -0.3 is 24.1 Å². The average molecular weight is 425 g/mol. The molecule has 0 bridgehead atoms. The lowest BCUT2D eigenvalue weighted by Crippen LogP contribution is -3.12. The molecule has 0 aliphatic carbocycles. The van der Waals surface area contributed by atoms with Crippen LogP contribution in [0.15, 0.2) is 59.2 Å². The third-order valence-corrected chi connectivity index (χ3v) is 5.82. The highest BCUT2D eigenvalue weighted by atomic mass is 19.1. The molecule has 1 unspecified atom stereocenters. The molecule has 2 heterocycles. The van der Waals surface area contributed by atoms with Crippen LogP contribution in [0.2, 0.25) is 0 Å². The fourth-order valence-electron chi connectivity index (χ4n) is 4.21. The molecule has 4 rings (SSSR count). The molecule has 2 atom stereocenters. The maximum absolute atomic E-state index is 14.4. The number of hydrogen-bond donors (Lipinski definition) is 2. The fourth-order valence-corrected chi connectivity index (χ4v) is 4.21. The van der Waals surface area contributed by atoms with E-state index in [0.29, 0.717) is 30.2 Å². The molecule has 6 nitrogen and oxygen atoms in total. The van der Waals surface area contributed by atoms with Gasteiger partial charge in [-0.1, -0.05) is 18.2 Å². The molecular formula is C24H26FN2O4+. The summed E-state index contributed by atoms with van der Waals surface area (Å²) in [6.45, 7) is 1.70. The molecule has 162 valence electrons. The van der Waals surface area contributed by atoms with Gasteiger partial charge in [-0.05, 0) is 35.9 Å². The minimum absolute atomic E-state index is 0.0814. The van der Waals surface area contributed by atoms with Crippen molar-refractivity contribution < 1.29 is 28.0 Å². The predicted molar refractivity (Wildman–Crippen MR) is 113 cm³/mol. The standard InChI is InChI=1S/C24H25FN2O4/c1-29-22-12-16-9-10-27(15-17-6-3-4-7-19(17)25)20(18(16)13-23(22)30-2)14-26-24(28)21-8-5-11-31-21/h3-8,11-13,20H,9-10,14-15H2,1-2H3,(H,26,28)/p+1/t20-/m0/s1. The molecule has 0 fully saturated rings. The first kappa shape index (κ1) is 20.9. The molecule has 0 saturated carbocycles. The largest absolute Gasteiger partial charge is 0.493 e. The zero-order chi connectivity index (χ0) is 21.8. The second-order valence-corrected chi connectivity index (χ2v) is 7.57. The first-order valence-corrected chi connectivity index (χ1v) is 10.2. The van der Waals surface area contributed by atoms with Gasteiger partial charge in [-0.15, -0.1) is 0 Å². The Morgan fingerprint density at radius 1 is 1.16 bits per heavy atom. The lowest BCUT2D eigenvalue weighted by molar-refractivity contribution is -0.946. The van der Waals surface area contributed by atoms with Gasteiger partial charge >= 0.3 is 0 Å². The lowest BCUT2D eigenvalue weighted by Gasteiger charge is -2.35. The van der Waals surface area contributed by atoms with Crippen LogP contribution >= 0.6 is 0 Å². The molecule has 1 amide bonds. The van der Waals surface area contributed by atoms with Gasteiger partial charge in [-0.3, -0.25) is 4.79 Å². The maximum Gasteiger partial charge on any atom is 0.287 e. The third-order valence-electron chi connectivity index (χ3n) is 5.82. The average Bonchev–Trinajstić information content (AvgIpc) is 3.33. The van der Waals surface area contributed by atoms with Gasteiger partial charge in [0.2, 0.25) is 0 Å². The molecule has 3 aromatic rings. The van der Waals surface area contributed by atoms with Crippen molar-refractivity contribution in [3.63, 3.8) is 0 Å². The normalized spacial score (nSPS) is 17.6. The van der Waals surface area contributed by atoms with E-state index in [2.05, 4.69) is 5.32 Å². The molecule has 31 heavy (non-hydrogen) atoms. The molecule has 1 aromatic heterocycles. The van der Waals surface area contributed by atoms with E-state index in [-0.39, 0.29) is 23.5 Å². The molecule has 1 aliphatic heterocycles. The number of methoxy groups -OCH3 is 2. The van der Waals surface area contributed by atoms with Crippen LogP contribution in [-0.4, -0.2) is 33.2 Å². The van der Waals surface area contributed by atoms with E-state index in [4.69, 9.17) is 13.9 Å². The van der Waals surface area contributed by atoms with E-state index in [9.17, 15) is 9.18 Å². The van der Waals surface area contributed by atoms with Crippen LogP contribution in [-0.2, 0) is 13.0 Å². The number of rotatable bonds is 7. The molecular weight excluding hydrogens is 399 g/mol. The monoisotopic (exact) mass is 425 g/mol. The van der Waals surface area contributed by atoms with Crippen molar-refractivity contribution in [1.82, 2.24) is 5.32 Å². The molecule has 1 aliphatic rings. The zero-order valence-electron chi connectivity index (χ0n) is 17.6. The number of benzene rings is 2. The van der Waals surface area contributed by atoms with Crippen LogP contribution in [0.4, 0.5) is 4.39 Å². The number of carbonyl (C=O) groups is 1. The quantitative estimate of drug-likeness (QED) is 0.611. The number of ether oxygens (including phenoxy) is 2. The Morgan fingerprint density at radius 3 is 2.65 bits per heavy atom. The third kappa shape index (κ3) is 4.41. The molecule has 0 spiro atoms. The van der Waals surface area contributed by atoms with Crippen molar-refractivity contribution in [2.24, 2.45) is 0 Å². The summed E-state index contributed by atoms with van der Waals surface area (Å²) >= 11 is 0. The first-order chi connectivity index (χ1) is 15.1. The molecule has 7 heteroatoms. The molecule has 0 saturated heterocycles. The number of halogens is 1. The van der Waals surface area contributed by atoms with Gasteiger partial charge in [-0.2, -0.15) is 0 Å². The Balaban J connectivity index is 1.65. The lowest BCUT2D eigenvalue weighted by atomic mass is 9.91. The summed E-state index contributed by atoms with van der Waals surface area (Å²) in [5, 5.41) is 2.97. The van der Waals surface area contributed by atoms with Gasteiger partial charge in [0.15, 0.2) is 17.3 Å². The highest BCUT2D eigenvalue weighted by Gasteiger charge is 2.33. The van der Waals surface area contributed by atoms with E-state index in [1.54, 1.807) is 32.4 Å². The van der Waals surface area contributed by atoms with Crippen molar-refractivity contribution >= 4 is 5.91 Å². The van der Waals surface area contributed by atoms with E-state index in [1.807, 2.05) is 24.3 Å². The van der Waals surface area contributed by atoms with Crippen LogP contribution in [0.3, 0.4) is 0 Å². The summed E-state index contributed by atoms with van der Waals surface area (Å²) in [5.41, 5.74) is 2.87. The maximum atomic E-state index is 14.4. The van der Waals surface area contributed by atoms with Gasteiger partial charge in [0, 0.05) is 17.5 Å². The van der Waals surface area contributed by atoms with Crippen molar-refractivity contribution in [1.29, 1.82) is 0 Å². The van der Waals surface area contributed by atoms with Gasteiger partial charge in [0.25, 0.3) is 5.91 Å². The Labute approximate surface area is 180 Å². The van der Waals surface area contributed by atoms with Crippen LogP contribution in [0, 0.1) is 5.82 Å². The predicted octanol–water partition coefficient (Wildman–Crippen LogP) is 2.55.